The highest BCUT2D eigenvalue weighted by molar-refractivity contribution is 7.13. The molecule has 1 saturated heterocycles. The highest BCUT2D eigenvalue weighted by atomic mass is 32.1. The summed E-state index contributed by atoms with van der Waals surface area (Å²) in [6, 6.07) is 9.51. The molecule has 2 unspecified atom stereocenters. The third-order valence-electron chi connectivity index (χ3n) is 6.15. The second-order valence-electron chi connectivity index (χ2n) is 8.96. The molecule has 35 heavy (non-hydrogen) atoms. The van der Waals surface area contributed by atoms with E-state index in [0.717, 1.165) is 33.8 Å². The Morgan fingerprint density at radius 3 is 2.49 bits per heavy atom. The van der Waals surface area contributed by atoms with Crippen molar-refractivity contribution in [2.75, 3.05) is 6.54 Å². The molecule has 1 aliphatic heterocycles. The predicted molar refractivity (Wildman–Crippen MR) is 139 cm³/mol. The van der Waals surface area contributed by atoms with Crippen LogP contribution in [0.2, 0.25) is 0 Å². The molecular formula is C27H36N4O3S. The average molecular weight is 497 g/mol. The largest absolute Gasteiger partial charge is 0.360 e. The van der Waals surface area contributed by atoms with E-state index < -0.39 is 12.0 Å². The molecular weight excluding hydrogens is 460 g/mol. The molecule has 8 heteroatoms. The lowest BCUT2D eigenvalue weighted by Gasteiger charge is -2.28. The fourth-order valence-corrected chi connectivity index (χ4v) is 5.22. The normalized spacial score (nSPS) is 16.1. The van der Waals surface area contributed by atoms with Crippen LogP contribution in [-0.2, 0) is 16.1 Å². The number of carbonyl (C=O) groups excluding carboxylic acids is 2. The zero-order chi connectivity index (χ0) is 25.5. The van der Waals surface area contributed by atoms with Gasteiger partial charge in [0.1, 0.15) is 17.7 Å². The Morgan fingerprint density at radius 2 is 1.91 bits per heavy atom. The van der Waals surface area contributed by atoms with Gasteiger partial charge in [-0.25, -0.2) is 4.98 Å². The maximum atomic E-state index is 13.4. The summed E-state index contributed by atoms with van der Waals surface area (Å²) >= 11 is 1.62. The predicted octanol–water partition coefficient (Wildman–Crippen LogP) is 5.49. The number of likely N-dealkylation sites (tertiary alicyclic amines) is 1. The molecule has 2 amide bonds. The summed E-state index contributed by atoms with van der Waals surface area (Å²) in [5.74, 6) is -0.0189. The summed E-state index contributed by atoms with van der Waals surface area (Å²) in [6.07, 6.45) is 1.48. The van der Waals surface area contributed by atoms with Crippen LogP contribution < -0.4 is 5.32 Å². The van der Waals surface area contributed by atoms with E-state index in [-0.39, 0.29) is 17.7 Å². The van der Waals surface area contributed by atoms with Crippen LogP contribution in [0.3, 0.4) is 0 Å². The first kappa shape index (κ1) is 26.6. The van der Waals surface area contributed by atoms with E-state index in [2.05, 4.69) is 27.6 Å². The zero-order valence-electron chi connectivity index (χ0n) is 21.5. The van der Waals surface area contributed by atoms with E-state index in [1.807, 2.05) is 65.3 Å². The minimum atomic E-state index is -0.457. The highest BCUT2D eigenvalue weighted by Crippen LogP contribution is 2.31. The maximum Gasteiger partial charge on any atom is 0.243 e. The van der Waals surface area contributed by atoms with Crippen molar-refractivity contribution in [3.8, 4) is 10.4 Å². The summed E-state index contributed by atoms with van der Waals surface area (Å²) in [5, 5.41) is 6.97. The number of benzene rings is 1. The molecule has 0 radical (unpaired) electrons. The topological polar surface area (TPSA) is 88.3 Å². The Balaban J connectivity index is 0.00000167. The fourth-order valence-electron chi connectivity index (χ4n) is 4.41. The number of aromatic nitrogens is 2. The highest BCUT2D eigenvalue weighted by Gasteiger charge is 2.39. The number of nitrogens with zero attached hydrogens (tertiary/aromatic N) is 3. The van der Waals surface area contributed by atoms with Crippen LogP contribution in [0, 0.1) is 19.8 Å². The van der Waals surface area contributed by atoms with E-state index >= 15 is 0 Å². The SMILES string of the molecule is CC.Cc1cc(C(C(=O)N2CCCC2C(=O)NCc2ccc(-c3scnc3C)cc2)C(C)C)on1. The lowest BCUT2D eigenvalue weighted by Crippen LogP contribution is -2.47. The van der Waals surface area contributed by atoms with E-state index in [9.17, 15) is 9.59 Å². The van der Waals surface area contributed by atoms with Crippen molar-refractivity contribution in [1.82, 2.24) is 20.4 Å². The van der Waals surface area contributed by atoms with Crippen molar-refractivity contribution >= 4 is 23.2 Å². The molecule has 0 spiro atoms. The minimum absolute atomic E-state index is 0.0369. The summed E-state index contributed by atoms with van der Waals surface area (Å²) in [6.45, 7) is 12.8. The van der Waals surface area contributed by atoms with E-state index in [4.69, 9.17) is 4.52 Å². The van der Waals surface area contributed by atoms with Crippen LogP contribution in [0.25, 0.3) is 10.4 Å². The Morgan fingerprint density at radius 1 is 1.20 bits per heavy atom. The van der Waals surface area contributed by atoms with Gasteiger partial charge < -0.3 is 14.7 Å². The number of hydrogen-bond donors (Lipinski definition) is 1. The second kappa shape index (κ2) is 12.1. The molecule has 1 N–H and O–H groups in total. The molecule has 3 heterocycles. The third-order valence-corrected chi connectivity index (χ3v) is 7.13. The molecule has 0 saturated carbocycles. The van der Waals surface area contributed by atoms with E-state index in [1.165, 1.54) is 0 Å². The Kier molecular flexibility index (Phi) is 9.20. The summed E-state index contributed by atoms with van der Waals surface area (Å²) in [5.41, 5.74) is 5.76. The number of aryl methyl sites for hydroxylation is 2. The molecule has 2 aromatic heterocycles. The van der Waals surface area contributed by atoms with Crippen LogP contribution in [0.4, 0.5) is 0 Å². The van der Waals surface area contributed by atoms with E-state index in [1.54, 1.807) is 16.2 Å². The first-order valence-corrected chi connectivity index (χ1v) is 13.2. The molecule has 7 nitrogen and oxygen atoms in total. The lowest BCUT2D eigenvalue weighted by atomic mass is 9.91. The van der Waals surface area contributed by atoms with Crippen molar-refractivity contribution in [2.24, 2.45) is 5.92 Å². The standard InChI is InChI=1S/C25H30N4O3S.C2H6/c1-15(2)22(21-12-16(3)28-32-21)25(31)29-11-5-6-20(29)24(30)26-13-18-7-9-19(10-8-18)23-17(4)27-14-33-23;1-2/h7-10,12,14-15,20,22H,5-6,11,13H2,1-4H3,(H,26,30);1-2H3. The Bertz CT molecular complexity index is 1120. The number of carbonyl (C=O) groups is 2. The molecule has 1 aromatic carbocycles. The number of rotatable bonds is 7. The van der Waals surface area contributed by atoms with Crippen LogP contribution in [0.15, 0.2) is 40.4 Å². The van der Waals surface area contributed by atoms with Gasteiger partial charge >= 0.3 is 0 Å². The van der Waals surface area contributed by atoms with Gasteiger partial charge in [-0.1, -0.05) is 57.1 Å². The molecule has 4 rings (SSSR count). The van der Waals surface area contributed by atoms with Gasteiger partial charge in [0.2, 0.25) is 11.8 Å². The summed E-state index contributed by atoms with van der Waals surface area (Å²) in [4.78, 5) is 33.6. The Labute approximate surface area is 211 Å². The van der Waals surface area contributed by atoms with Crippen LogP contribution in [0.5, 0.6) is 0 Å². The van der Waals surface area contributed by atoms with Crippen LogP contribution in [-0.4, -0.2) is 39.4 Å². The van der Waals surface area contributed by atoms with Crippen molar-refractivity contribution in [3.63, 3.8) is 0 Å². The molecule has 1 fully saturated rings. The lowest BCUT2D eigenvalue weighted by molar-refractivity contribution is -0.140. The molecule has 0 bridgehead atoms. The van der Waals surface area contributed by atoms with Crippen LogP contribution >= 0.6 is 11.3 Å². The van der Waals surface area contributed by atoms with Gasteiger partial charge in [-0.15, -0.1) is 11.3 Å². The van der Waals surface area contributed by atoms with Gasteiger partial charge in [0.15, 0.2) is 0 Å². The monoisotopic (exact) mass is 496 g/mol. The minimum Gasteiger partial charge on any atom is -0.360 e. The molecule has 0 aliphatic carbocycles. The zero-order valence-corrected chi connectivity index (χ0v) is 22.3. The average Bonchev–Trinajstić information content (AvgIpc) is 3.60. The quantitative estimate of drug-likeness (QED) is 0.467. The third kappa shape index (κ3) is 6.17. The van der Waals surface area contributed by atoms with E-state index in [0.29, 0.717) is 25.3 Å². The van der Waals surface area contributed by atoms with Gasteiger partial charge in [0.05, 0.1) is 21.8 Å². The smallest absolute Gasteiger partial charge is 0.243 e. The van der Waals surface area contributed by atoms with Crippen molar-refractivity contribution in [1.29, 1.82) is 0 Å². The molecule has 188 valence electrons. The van der Waals surface area contributed by atoms with Crippen molar-refractivity contribution in [2.45, 2.75) is 72.9 Å². The number of thiazole rings is 1. The van der Waals surface area contributed by atoms with Gasteiger partial charge in [0, 0.05) is 19.2 Å². The van der Waals surface area contributed by atoms with Gasteiger partial charge in [-0.3, -0.25) is 9.59 Å². The summed E-state index contributed by atoms with van der Waals surface area (Å²) < 4.78 is 5.41. The van der Waals surface area contributed by atoms with Crippen molar-refractivity contribution < 1.29 is 14.1 Å². The second-order valence-corrected chi connectivity index (χ2v) is 9.82. The Hall–Kier alpha value is -3.00. The summed E-state index contributed by atoms with van der Waals surface area (Å²) in [7, 11) is 0. The molecule has 3 aromatic rings. The van der Waals surface area contributed by atoms with Crippen molar-refractivity contribution in [3.05, 3.63) is 58.6 Å². The van der Waals surface area contributed by atoms with Gasteiger partial charge in [-0.05, 0) is 43.7 Å². The fraction of sp³-hybridized carbons (Fsp3) is 0.481. The number of amides is 2. The van der Waals surface area contributed by atoms with Gasteiger partial charge in [0.25, 0.3) is 0 Å². The van der Waals surface area contributed by atoms with Gasteiger partial charge in [-0.2, -0.15) is 0 Å². The molecule has 2 atom stereocenters. The number of nitrogens with one attached hydrogen (secondary N) is 1. The first-order valence-electron chi connectivity index (χ1n) is 12.4. The van der Waals surface area contributed by atoms with Crippen LogP contribution in [0.1, 0.15) is 69.2 Å². The maximum absolute atomic E-state index is 13.4. The molecule has 1 aliphatic rings. The number of hydrogen-bond acceptors (Lipinski definition) is 6. The first-order chi connectivity index (χ1) is 16.8.